The Kier molecular flexibility index (Phi) is 2.01. The van der Waals surface area contributed by atoms with Crippen molar-refractivity contribution in [2.24, 2.45) is 5.92 Å². The van der Waals surface area contributed by atoms with Crippen molar-refractivity contribution in [2.45, 2.75) is 26.2 Å². The third-order valence-corrected chi connectivity index (χ3v) is 3.42. The largest absolute Gasteiger partial charge is 0.293 e. The van der Waals surface area contributed by atoms with E-state index in [-0.39, 0.29) is 0 Å². The van der Waals surface area contributed by atoms with Crippen LogP contribution in [0.4, 0.5) is 0 Å². The predicted octanol–water partition coefficient (Wildman–Crippen LogP) is 2.90. The van der Waals surface area contributed by atoms with E-state index in [0.717, 1.165) is 24.1 Å². The molecule has 1 aromatic rings. The summed E-state index contributed by atoms with van der Waals surface area (Å²) in [6, 6.07) is 2.09. The zero-order valence-corrected chi connectivity index (χ0v) is 7.99. The van der Waals surface area contributed by atoms with Gasteiger partial charge in [-0.25, -0.2) is 0 Å². The molecule has 2 heteroatoms. The van der Waals surface area contributed by atoms with Crippen LogP contribution in [-0.2, 0) is 6.42 Å². The summed E-state index contributed by atoms with van der Waals surface area (Å²) in [7, 11) is 0. The van der Waals surface area contributed by atoms with Gasteiger partial charge in [-0.05, 0) is 29.9 Å². The molecule has 1 aromatic heterocycles. The Morgan fingerprint density at radius 1 is 1.67 bits per heavy atom. The van der Waals surface area contributed by atoms with Gasteiger partial charge >= 0.3 is 0 Å². The summed E-state index contributed by atoms with van der Waals surface area (Å²) < 4.78 is 0. The van der Waals surface area contributed by atoms with E-state index in [2.05, 4.69) is 13.0 Å². The molecule has 0 aromatic carbocycles. The van der Waals surface area contributed by atoms with Crippen molar-refractivity contribution in [1.29, 1.82) is 0 Å². The summed E-state index contributed by atoms with van der Waals surface area (Å²) in [4.78, 5) is 12.7. The molecule has 0 radical (unpaired) electrons. The van der Waals surface area contributed by atoms with Crippen LogP contribution in [0.15, 0.2) is 11.4 Å². The van der Waals surface area contributed by atoms with Crippen molar-refractivity contribution >= 4 is 17.1 Å². The first-order valence-electron chi connectivity index (χ1n) is 4.43. The van der Waals surface area contributed by atoms with E-state index in [1.54, 1.807) is 11.3 Å². The summed E-state index contributed by atoms with van der Waals surface area (Å²) in [6.07, 6.45) is 3.16. The standard InChI is InChI=1S/C10H12OS/c1-2-3-7-6-8-4-5-12-10(8)9(7)11/h4-5,7H,2-3,6H2,1H3/t7-/m0/s1. The van der Waals surface area contributed by atoms with Crippen molar-refractivity contribution < 1.29 is 4.79 Å². The van der Waals surface area contributed by atoms with Crippen molar-refractivity contribution in [1.82, 2.24) is 0 Å². The Bertz CT molecular complexity index is 301. The molecule has 0 amide bonds. The highest BCUT2D eigenvalue weighted by Crippen LogP contribution is 2.32. The molecule has 0 unspecified atom stereocenters. The van der Waals surface area contributed by atoms with Gasteiger partial charge in [-0.15, -0.1) is 11.3 Å². The van der Waals surface area contributed by atoms with Crippen LogP contribution in [0.2, 0.25) is 0 Å². The van der Waals surface area contributed by atoms with Crippen molar-refractivity contribution in [3.05, 3.63) is 21.9 Å². The smallest absolute Gasteiger partial charge is 0.176 e. The minimum absolute atomic E-state index is 0.303. The molecule has 2 rings (SSSR count). The van der Waals surface area contributed by atoms with Crippen LogP contribution in [0, 0.1) is 5.92 Å². The summed E-state index contributed by atoms with van der Waals surface area (Å²) in [6.45, 7) is 2.14. The van der Waals surface area contributed by atoms with Crippen LogP contribution in [0.5, 0.6) is 0 Å². The normalized spacial score (nSPS) is 21.4. The second kappa shape index (κ2) is 3.02. The first-order chi connectivity index (χ1) is 5.83. The third-order valence-electron chi connectivity index (χ3n) is 2.44. The zero-order chi connectivity index (χ0) is 8.55. The molecule has 1 aliphatic rings. The van der Waals surface area contributed by atoms with E-state index in [4.69, 9.17) is 0 Å². The van der Waals surface area contributed by atoms with Crippen molar-refractivity contribution in [3.63, 3.8) is 0 Å². The van der Waals surface area contributed by atoms with Gasteiger partial charge in [-0.2, -0.15) is 0 Å². The van der Waals surface area contributed by atoms with Gasteiger partial charge in [0.2, 0.25) is 0 Å². The monoisotopic (exact) mass is 180 g/mol. The van der Waals surface area contributed by atoms with Crippen molar-refractivity contribution in [3.8, 4) is 0 Å². The minimum atomic E-state index is 0.303. The molecule has 0 N–H and O–H groups in total. The van der Waals surface area contributed by atoms with E-state index in [1.165, 1.54) is 5.56 Å². The quantitative estimate of drug-likeness (QED) is 0.684. The Balaban J connectivity index is 2.21. The molecule has 0 saturated heterocycles. The first-order valence-corrected chi connectivity index (χ1v) is 5.31. The lowest BCUT2D eigenvalue weighted by molar-refractivity contribution is 0.0933. The van der Waals surface area contributed by atoms with E-state index < -0.39 is 0 Å². The third kappa shape index (κ3) is 1.11. The Labute approximate surface area is 76.4 Å². The van der Waals surface area contributed by atoms with Gasteiger partial charge < -0.3 is 0 Å². The second-order valence-electron chi connectivity index (χ2n) is 3.33. The molecule has 0 spiro atoms. The van der Waals surface area contributed by atoms with Gasteiger partial charge in [0.05, 0.1) is 4.88 Å². The van der Waals surface area contributed by atoms with Crippen LogP contribution >= 0.6 is 11.3 Å². The lowest BCUT2D eigenvalue weighted by Gasteiger charge is -2.03. The van der Waals surface area contributed by atoms with E-state index in [1.807, 2.05) is 5.38 Å². The molecular formula is C10H12OS. The number of rotatable bonds is 2. The molecule has 1 heterocycles. The SMILES string of the molecule is CCC[C@H]1Cc2ccsc2C1=O. The first kappa shape index (κ1) is 7.99. The average molecular weight is 180 g/mol. The molecule has 1 atom stereocenters. The zero-order valence-electron chi connectivity index (χ0n) is 7.17. The Morgan fingerprint density at radius 2 is 2.50 bits per heavy atom. The molecule has 64 valence electrons. The maximum Gasteiger partial charge on any atom is 0.176 e. The summed E-state index contributed by atoms with van der Waals surface area (Å²) >= 11 is 1.60. The van der Waals surface area contributed by atoms with Crippen LogP contribution in [0.1, 0.15) is 35.0 Å². The molecule has 12 heavy (non-hydrogen) atoms. The fourth-order valence-corrected chi connectivity index (χ4v) is 2.79. The molecule has 0 fully saturated rings. The maximum absolute atomic E-state index is 11.7. The highest BCUT2D eigenvalue weighted by Gasteiger charge is 2.30. The topological polar surface area (TPSA) is 17.1 Å². The number of hydrogen-bond acceptors (Lipinski definition) is 2. The average Bonchev–Trinajstić information content (AvgIpc) is 2.58. The van der Waals surface area contributed by atoms with Crippen LogP contribution < -0.4 is 0 Å². The maximum atomic E-state index is 11.7. The van der Waals surface area contributed by atoms with Crippen LogP contribution in [-0.4, -0.2) is 5.78 Å². The fourth-order valence-electron chi connectivity index (χ4n) is 1.84. The number of carbonyl (C=O) groups is 1. The number of carbonyl (C=O) groups excluding carboxylic acids is 1. The Morgan fingerprint density at radius 3 is 3.17 bits per heavy atom. The highest BCUT2D eigenvalue weighted by atomic mass is 32.1. The summed E-state index contributed by atoms with van der Waals surface area (Å²) in [5.74, 6) is 0.694. The number of thiophene rings is 1. The summed E-state index contributed by atoms with van der Waals surface area (Å²) in [5.41, 5.74) is 1.28. The van der Waals surface area contributed by atoms with Crippen LogP contribution in [0.25, 0.3) is 0 Å². The number of fused-ring (bicyclic) bond motifs is 1. The predicted molar refractivity (Wildman–Crippen MR) is 50.8 cm³/mol. The van der Waals surface area contributed by atoms with Crippen LogP contribution in [0.3, 0.4) is 0 Å². The Hall–Kier alpha value is -0.630. The van der Waals surface area contributed by atoms with E-state index in [9.17, 15) is 4.79 Å². The molecule has 0 aliphatic heterocycles. The summed E-state index contributed by atoms with van der Waals surface area (Å²) in [5, 5.41) is 2.02. The highest BCUT2D eigenvalue weighted by molar-refractivity contribution is 7.12. The number of Topliss-reactive ketones (excluding diaryl/α,β-unsaturated/α-hetero) is 1. The van der Waals surface area contributed by atoms with Gasteiger partial charge in [0, 0.05) is 5.92 Å². The molecule has 1 aliphatic carbocycles. The second-order valence-corrected chi connectivity index (χ2v) is 4.25. The molecule has 1 nitrogen and oxygen atoms in total. The molecular weight excluding hydrogens is 168 g/mol. The lowest BCUT2D eigenvalue weighted by Crippen LogP contribution is -2.07. The van der Waals surface area contributed by atoms with Gasteiger partial charge in [-0.3, -0.25) is 4.79 Å². The minimum Gasteiger partial charge on any atom is -0.293 e. The molecule has 0 saturated carbocycles. The van der Waals surface area contributed by atoms with Crippen molar-refractivity contribution in [2.75, 3.05) is 0 Å². The van der Waals surface area contributed by atoms with Gasteiger partial charge in [-0.1, -0.05) is 13.3 Å². The van der Waals surface area contributed by atoms with E-state index in [0.29, 0.717) is 11.7 Å². The molecule has 0 bridgehead atoms. The van der Waals surface area contributed by atoms with Gasteiger partial charge in [0.15, 0.2) is 5.78 Å². The fraction of sp³-hybridized carbons (Fsp3) is 0.500. The van der Waals surface area contributed by atoms with Gasteiger partial charge in [0.25, 0.3) is 0 Å². The van der Waals surface area contributed by atoms with E-state index >= 15 is 0 Å². The van der Waals surface area contributed by atoms with Gasteiger partial charge in [0.1, 0.15) is 0 Å². The lowest BCUT2D eigenvalue weighted by atomic mass is 10.0. The number of ketones is 1. The number of hydrogen-bond donors (Lipinski definition) is 0.